The number of aliphatic hydroxyl groups is 1. The van der Waals surface area contributed by atoms with Crippen LogP contribution in [0.25, 0.3) is 0 Å². The highest BCUT2D eigenvalue weighted by Crippen LogP contribution is 2.34. The summed E-state index contributed by atoms with van der Waals surface area (Å²) < 4.78 is 36.8. The predicted molar refractivity (Wildman–Crippen MR) is 53.9 cm³/mol. The maximum absolute atomic E-state index is 12.3. The maximum atomic E-state index is 12.3. The van der Waals surface area contributed by atoms with Crippen molar-refractivity contribution >= 4 is 0 Å². The SMILES string of the molecule is OC(Cc1ccc(C(F)(F)F)cc1)C1CC1. The Bertz CT molecular complexity index is 352. The first-order valence-corrected chi connectivity index (χ1v) is 5.31. The third-order valence-electron chi connectivity index (χ3n) is 2.89. The van der Waals surface area contributed by atoms with E-state index in [0.29, 0.717) is 12.3 Å². The van der Waals surface area contributed by atoms with Gasteiger partial charge in [0.05, 0.1) is 11.7 Å². The van der Waals surface area contributed by atoms with Gasteiger partial charge >= 0.3 is 6.18 Å². The molecule has 0 saturated heterocycles. The van der Waals surface area contributed by atoms with E-state index in [1.54, 1.807) is 0 Å². The van der Waals surface area contributed by atoms with Gasteiger partial charge in [-0.1, -0.05) is 12.1 Å². The minimum Gasteiger partial charge on any atom is -0.392 e. The molecule has 1 aromatic rings. The van der Waals surface area contributed by atoms with Crippen molar-refractivity contribution in [3.8, 4) is 0 Å². The second kappa shape index (κ2) is 4.09. The minimum absolute atomic E-state index is 0.349. The lowest BCUT2D eigenvalue weighted by Gasteiger charge is -2.10. The van der Waals surface area contributed by atoms with Crippen molar-refractivity contribution in [3.63, 3.8) is 0 Å². The second-order valence-electron chi connectivity index (χ2n) is 4.30. The molecule has 1 nitrogen and oxygen atoms in total. The van der Waals surface area contributed by atoms with Crippen molar-refractivity contribution in [3.05, 3.63) is 35.4 Å². The molecule has 88 valence electrons. The van der Waals surface area contributed by atoms with Crippen LogP contribution in [-0.4, -0.2) is 11.2 Å². The molecule has 4 heteroatoms. The Hall–Kier alpha value is -1.03. The summed E-state index contributed by atoms with van der Waals surface area (Å²) in [6.45, 7) is 0. The minimum atomic E-state index is -4.28. The van der Waals surface area contributed by atoms with Crippen LogP contribution in [0.5, 0.6) is 0 Å². The molecule has 0 bridgehead atoms. The first-order chi connectivity index (χ1) is 7.47. The van der Waals surface area contributed by atoms with Crippen LogP contribution >= 0.6 is 0 Å². The number of benzene rings is 1. The molecule has 1 unspecified atom stereocenters. The van der Waals surface area contributed by atoms with Gasteiger partial charge in [-0.15, -0.1) is 0 Å². The summed E-state index contributed by atoms with van der Waals surface area (Å²) in [5, 5.41) is 9.65. The molecule has 16 heavy (non-hydrogen) atoms. The summed E-state index contributed by atoms with van der Waals surface area (Å²) in [4.78, 5) is 0. The Balaban J connectivity index is 2.01. The van der Waals surface area contributed by atoms with Gasteiger partial charge in [-0.25, -0.2) is 0 Å². The van der Waals surface area contributed by atoms with E-state index in [9.17, 15) is 18.3 Å². The number of hydrogen-bond acceptors (Lipinski definition) is 1. The van der Waals surface area contributed by atoms with E-state index in [2.05, 4.69) is 0 Å². The summed E-state index contributed by atoms with van der Waals surface area (Å²) in [5.74, 6) is 0.349. The first kappa shape index (κ1) is 11.5. The molecule has 2 rings (SSSR count). The van der Waals surface area contributed by atoms with Gasteiger partial charge in [0.15, 0.2) is 0 Å². The highest BCUT2D eigenvalue weighted by atomic mass is 19.4. The number of rotatable bonds is 3. The average Bonchev–Trinajstić information content (AvgIpc) is 3.00. The van der Waals surface area contributed by atoms with Crippen LogP contribution in [0.15, 0.2) is 24.3 Å². The van der Waals surface area contributed by atoms with E-state index >= 15 is 0 Å². The topological polar surface area (TPSA) is 20.2 Å². The molecule has 1 aromatic carbocycles. The molecule has 1 saturated carbocycles. The molecule has 0 heterocycles. The lowest BCUT2D eigenvalue weighted by molar-refractivity contribution is -0.137. The van der Waals surface area contributed by atoms with Crippen molar-refractivity contribution in [2.75, 3.05) is 0 Å². The van der Waals surface area contributed by atoms with Crippen molar-refractivity contribution in [1.29, 1.82) is 0 Å². The standard InChI is InChI=1S/C12H13F3O/c13-12(14,15)10-5-1-8(2-6-10)7-11(16)9-3-4-9/h1-2,5-6,9,11,16H,3-4,7H2. The van der Waals surface area contributed by atoms with E-state index < -0.39 is 17.8 Å². The molecule has 1 atom stereocenters. The third-order valence-corrected chi connectivity index (χ3v) is 2.89. The van der Waals surface area contributed by atoms with Crippen molar-refractivity contribution in [2.45, 2.75) is 31.5 Å². The fraction of sp³-hybridized carbons (Fsp3) is 0.500. The molecule has 0 aliphatic heterocycles. The van der Waals surface area contributed by atoms with Crippen LogP contribution in [-0.2, 0) is 12.6 Å². The molecular weight excluding hydrogens is 217 g/mol. The average molecular weight is 230 g/mol. The van der Waals surface area contributed by atoms with E-state index in [1.165, 1.54) is 12.1 Å². The molecule has 0 radical (unpaired) electrons. The Labute approximate surface area is 91.9 Å². The zero-order valence-corrected chi connectivity index (χ0v) is 8.67. The summed E-state index contributed by atoms with van der Waals surface area (Å²) in [7, 11) is 0. The van der Waals surface area contributed by atoms with Crippen LogP contribution in [0.2, 0.25) is 0 Å². The Kier molecular flexibility index (Phi) is 2.93. The highest BCUT2D eigenvalue weighted by Gasteiger charge is 2.31. The van der Waals surface area contributed by atoms with E-state index in [0.717, 1.165) is 30.5 Å². The monoisotopic (exact) mass is 230 g/mol. The van der Waals surface area contributed by atoms with Gasteiger partial charge in [0.25, 0.3) is 0 Å². The van der Waals surface area contributed by atoms with Crippen LogP contribution < -0.4 is 0 Å². The quantitative estimate of drug-likeness (QED) is 0.846. The van der Waals surface area contributed by atoms with Crippen molar-refractivity contribution in [1.82, 2.24) is 0 Å². The predicted octanol–water partition coefficient (Wildman–Crippen LogP) is 3.02. The van der Waals surface area contributed by atoms with Gasteiger partial charge in [-0.2, -0.15) is 13.2 Å². The number of alkyl halides is 3. The molecule has 1 N–H and O–H groups in total. The third kappa shape index (κ3) is 2.76. The fourth-order valence-electron chi connectivity index (χ4n) is 1.72. The lowest BCUT2D eigenvalue weighted by atomic mass is 10.0. The molecule has 0 amide bonds. The molecule has 1 aliphatic rings. The summed E-state index contributed by atoms with van der Waals surface area (Å²) in [6.07, 6.45) is -2.18. The van der Waals surface area contributed by atoms with E-state index in [1.807, 2.05) is 0 Å². The van der Waals surface area contributed by atoms with Crippen LogP contribution in [0, 0.1) is 5.92 Å². The fourth-order valence-corrected chi connectivity index (χ4v) is 1.72. The maximum Gasteiger partial charge on any atom is 0.416 e. The second-order valence-corrected chi connectivity index (χ2v) is 4.30. The van der Waals surface area contributed by atoms with Gasteiger partial charge in [0, 0.05) is 0 Å². The summed E-state index contributed by atoms with van der Waals surface area (Å²) in [6, 6.07) is 5.01. The molecule has 0 spiro atoms. The van der Waals surface area contributed by atoms with Crippen molar-refractivity contribution < 1.29 is 18.3 Å². The first-order valence-electron chi connectivity index (χ1n) is 5.31. The molecular formula is C12H13F3O. The van der Waals surface area contributed by atoms with E-state index in [4.69, 9.17) is 0 Å². The van der Waals surface area contributed by atoms with Gasteiger partial charge < -0.3 is 5.11 Å². The Morgan fingerprint density at radius 3 is 2.19 bits per heavy atom. The molecule has 0 aromatic heterocycles. The largest absolute Gasteiger partial charge is 0.416 e. The summed E-state index contributed by atoms with van der Waals surface area (Å²) >= 11 is 0. The van der Waals surface area contributed by atoms with Crippen LogP contribution in [0.4, 0.5) is 13.2 Å². The number of hydrogen-bond donors (Lipinski definition) is 1. The zero-order chi connectivity index (χ0) is 11.8. The highest BCUT2D eigenvalue weighted by molar-refractivity contribution is 5.25. The smallest absolute Gasteiger partial charge is 0.392 e. The lowest BCUT2D eigenvalue weighted by Crippen LogP contribution is -2.13. The van der Waals surface area contributed by atoms with Gasteiger partial charge in [-0.05, 0) is 42.9 Å². The van der Waals surface area contributed by atoms with Gasteiger partial charge in [0.1, 0.15) is 0 Å². The van der Waals surface area contributed by atoms with Crippen LogP contribution in [0.3, 0.4) is 0 Å². The number of halogens is 3. The van der Waals surface area contributed by atoms with Gasteiger partial charge in [0.2, 0.25) is 0 Å². The Morgan fingerprint density at radius 2 is 1.75 bits per heavy atom. The number of aliphatic hydroxyl groups excluding tert-OH is 1. The van der Waals surface area contributed by atoms with Gasteiger partial charge in [-0.3, -0.25) is 0 Å². The normalized spacial score (nSPS) is 18.5. The van der Waals surface area contributed by atoms with Crippen LogP contribution in [0.1, 0.15) is 24.0 Å². The van der Waals surface area contributed by atoms with E-state index in [-0.39, 0.29) is 0 Å². The molecule has 1 fully saturated rings. The summed E-state index contributed by atoms with van der Waals surface area (Å²) in [5.41, 5.74) is 0.115. The Morgan fingerprint density at radius 1 is 1.19 bits per heavy atom. The zero-order valence-electron chi connectivity index (χ0n) is 8.67. The van der Waals surface area contributed by atoms with Crippen molar-refractivity contribution in [2.24, 2.45) is 5.92 Å². The molecule has 1 aliphatic carbocycles.